The monoisotopic (exact) mass is 285 g/mol. The van der Waals surface area contributed by atoms with Gasteiger partial charge in [-0.05, 0) is 26.4 Å². The Kier molecular flexibility index (Phi) is 6.24. The molecule has 1 aromatic rings. The summed E-state index contributed by atoms with van der Waals surface area (Å²) >= 11 is 1.33. The van der Waals surface area contributed by atoms with Crippen LogP contribution in [0.4, 0.5) is 5.13 Å². The first-order valence-corrected chi connectivity index (χ1v) is 7.19. The lowest BCUT2D eigenvalue weighted by Crippen LogP contribution is -2.33. The van der Waals surface area contributed by atoms with Crippen LogP contribution in [0, 0.1) is 5.92 Å². The Morgan fingerprint density at radius 3 is 2.74 bits per heavy atom. The van der Waals surface area contributed by atoms with E-state index in [0.29, 0.717) is 16.8 Å². The highest BCUT2D eigenvalue weighted by Crippen LogP contribution is 2.21. The molecule has 0 bridgehead atoms. The van der Waals surface area contributed by atoms with Gasteiger partial charge in [0, 0.05) is 12.6 Å². The van der Waals surface area contributed by atoms with E-state index >= 15 is 0 Å². The molecule has 1 heterocycles. The minimum atomic E-state index is -0.335. The molecule has 1 rings (SSSR count). The number of hydrogen-bond donors (Lipinski definition) is 1. The maximum absolute atomic E-state index is 11.4. The fraction of sp³-hybridized carbons (Fsp3) is 0.692. The molecule has 0 aliphatic heterocycles. The van der Waals surface area contributed by atoms with Crippen molar-refractivity contribution >= 4 is 22.4 Å². The van der Waals surface area contributed by atoms with E-state index in [4.69, 9.17) is 0 Å². The molecule has 0 aromatic carbocycles. The number of carbonyl (C=O) groups is 1. The van der Waals surface area contributed by atoms with Crippen LogP contribution in [-0.2, 0) is 4.74 Å². The smallest absolute Gasteiger partial charge is 0.349 e. The first kappa shape index (κ1) is 15.9. The first-order valence-electron chi connectivity index (χ1n) is 6.37. The number of likely N-dealkylation sites (N-methyl/N-ethyl adjacent to an activating group) is 1. The van der Waals surface area contributed by atoms with Gasteiger partial charge in [0.15, 0.2) is 5.13 Å². The third-order valence-electron chi connectivity index (χ3n) is 2.56. The normalized spacial score (nSPS) is 12.8. The van der Waals surface area contributed by atoms with E-state index in [9.17, 15) is 4.79 Å². The van der Waals surface area contributed by atoms with E-state index in [1.165, 1.54) is 18.4 Å². The standard InChI is InChI=1S/C13H23N3O2S/c1-9(2)6-10(8-16(3)4)15-13-14-7-11(19-13)12(17)18-5/h7,9-10H,6,8H2,1-5H3,(H,14,15). The first-order chi connectivity index (χ1) is 8.92. The number of ether oxygens (including phenoxy) is 1. The Balaban J connectivity index is 2.67. The van der Waals surface area contributed by atoms with Crippen LogP contribution in [0.5, 0.6) is 0 Å². The lowest BCUT2D eigenvalue weighted by Gasteiger charge is -2.23. The quantitative estimate of drug-likeness (QED) is 0.779. The summed E-state index contributed by atoms with van der Waals surface area (Å²) in [6.07, 6.45) is 2.62. The Bertz CT molecular complexity index is 394. The minimum absolute atomic E-state index is 0.326. The molecule has 1 atom stereocenters. The van der Waals surface area contributed by atoms with E-state index < -0.39 is 0 Å². The number of anilines is 1. The summed E-state index contributed by atoms with van der Waals surface area (Å²) in [6.45, 7) is 5.34. The highest BCUT2D eigenvalue weighted by Gasteiger charge is 2.16. The largest absolute Gasteiger partial charge is 0.465 e. The van der Waals surface area contributed by atoms with Crippen molar-refractivity contribution in [2.45, 2.75) is 26.3 Å². The molecule has 0 radical (unpaired) electrons. The summed E-state index contributed by atoms with van der Waals surface area (Å²) in [5.74, 6) is 0.274. The van der Waals surface area contributed by atoms with Gasteiger partial charge in [0.1, 0.15) is 4.88 Å². The van der Waals surface area contributed by atoms with Crippen LogP contribution in [0.15, 0.2) is 6.20 Å². The van der Waals surface area contributed by atoms with Crippen molar-refractivity contribution in [3.8, 4) is 0 Å². The average molecular weight is 285 g/mol. The lowest BCUT2D eigenvalue weighted by molar-refractivity contribution is 0.0606. The van der Waals surface area contributed by atoms with Gasteiger partial charge in [0.25, 0.3) is 0 Å². The molecule has 0 fully saturated rings. The van der Waals surface area contributed by atoms with Gasteiger partial charge in [0.05, 0.1) is 13.3 Å². The minimum Gasteiger partial charge on any atom is -0.465 e. The van der Waals surface area contributed by atoms with E-state index in [-0.39, 0.29) is 5.97 Å². The number of rotatable bonds is 7. The molecule has 1 N–H and O–H groups in total. The second kappa shape index (κ2) is 7.45. The molecule has 0 spiro atoms. The SMILES string of the molecule is COC(=O)c1cnc(NC(CC(C)C)CN(C)C)s1. The zero-order valence-corrected chi connectivity index (χ0v) is 13.1. The van der Waals surface area contributed by atoms with Crippen molar-refractivity contribution in [1.82, 2.24) is 9.88 Å². The summed E-state index contributed by atoms with van der Waals surface area (Å²) in [4.78, 5) is 18.3. The molecular formula is C13H23N3O2S. The van der Waals surface area contributed by atoms with Gasteiger partial charge >= 0.3 is 5.97 Å². The summed E-state index contributed by atoms with van der Waals surface area (Å²) in [7, 11) is 5.48. The Hall–Kier alpha value is -1.14. The van der Waals surface area contributed by atoms with Gasteiger partial charge in [-0.25, -0.2) is 9.78 Å². The predicted molar refractivity (Wildman–Crippen MR) is 78.9 cm³/mol. The molecule has 5 nitrogen and oxygen atoms in total. The maximum atomic E-state index is 11.4. The van der Waals surface area contributed by atoms with Crippen LogP contribution < -0.4 is 5.32 Å². The van der Waals surface area contributed by atoms with Crippen LogP contribution >= 0.6 is 11.3 Å². The number of nitrogens with one attached hydrogen (secondary N) is 1. The number of nitrogens with zero attached hydrogens (tertiary/aromatic N) is 2. The molecular weight excluding hydrogens is 262 g/mol. The number of hydrogen-bond acceptors (Lipinski definition) is 6. The highest BCUT2D eigenvalue weighted by atomic mass is 32.1. The van der Waals surface area contributed by atoms with E-state index in [2.05, 4.69) is 47.9 Å². The van der Waals surface area contributed by atoms with Gasteiger partial charge in [0.2, 0.25) is 0 Å². The van der Waals surface area contributed by atoms with Gasteiger partial charge in [-0.2, -0.15) is 0 Å². The fourth-order valence-corrected chi connectivity index (χ4v) is 2.71. The molecule has 1 unspecified atom stereocenters. The Morgan fingerprint density at radius 2 is 2.21 bits per heavy atom. The van der Waals surface area contributed by atoms with Gasteiger partial charge in [-0.1, -0.05) is 25.2 Å². The van der Waals surface area contributed by atoms with Gasteiger partial charge < -0.3 is 15.0 Å². The third-order valence-corrected chi connectivity index (χ3v) is 3.47. The summed E-state index contributed by atoms with van der Waals surface area (Å²) in [5.41, 5.74) is 0. The zero-order chi connectivity index (χ0) is 14.4. The number of esters is 1. The van der Waals surface area contributed by atoms with Crippen LogP contribution in [0.3, 0.4) is 0 Å². The molecule has 1 aromatic heterocycles. The molecule has 108 valence electrons. The van der Waals surface area contributed by atoms with Crippen molar-refractivity contribution < 1.29 is 9.53 Å². The Labute approximate surface area is 119 Å². The second-order valence-corrected chi connectivity index (χ2v) is 6.28. The lowest BCUT2D eigenvalue weighted by atomic mass is 10.0. The highest BCUT2D eigenvalue weighted by molar-refractivity contribution is 7.17. The zero-order valence-electron chi connectivity index (χ0n) is 12.3. The maximum Gasteiger partial charge on any atom is 0.349 e. The van der Waals surface area contributed by atoms with Crippen molar-refractivity contribution in [3.05, 3.63) is 11.1 Å². The molecule has 0 saturated heterocycles. The summed E-state index contributed by atoms with van der Waals surface area (Å²) in [6, 6.07) is 0.326. The van der Waals surface area contributed by atoms with Crippen LogP contribution in [0.25, 0.3) is 0 Å². The number of carbonyl (C=O) groups excluding carboxylic acids is 1. The third kappa shape index (κ3) is 5.57. The molecule has 0 aliphatic rings. The molecule has 6 heteroatoms. The number of methoxy groups -OCH3 is 1. The second-order valence-electron chi connectivity index (χ2n) is 5.25. The topological polar surface area (TPSA) is 54.5 Å². The molecule has 0 amide bonds. The number of aromatic nitrogens is 1. The molecule has 19 heavy (non-hydrogen) atoms. The molecule has 0 aliphatic carbocycles. The average Bonchev–Trinajstić information content (AvgIpc) is 2.74. The van der Waals surface area contributed by atoms with Crippen LogP contribution in [0.1, 0.15) is 29.9 Å². The fourth-order valence-electron chi connectivity index (χ4n) is 1.90. The molecule has 0 saturated carbocycles. The van der Waals surface area contributed by atoms with Gasteiger partial charge in [-0.15, -0.1) is 0 Å². The van der Waals surface area contributed by atoms with Crippen LogP contribution in [-0.4, -0.2) is 49.6 Å². The van der Waals surface area contributed by atoms with Crippen LogP contribution in [0.2, 0.25) is 0 Å². The van der Waals surface area contributed by atoms with E-state index in [1.54, 1.807) is 6.20 Å². The van der Waals surface area contributed by atoms with Crippen molar-refractivity contribution in [2.24, 2.45) is 5.92 Å². The van der Waals surface area contributed by atoms with E-state index in [1.807, 2.05) is 0 Å². The Morgan fingerprint density at radius 1 is 1.53 bits per heavy atom. The van der Waals surface area contributed by atoms with Crippen molar-refractivity contribution in [1.29, 1.82) is 0 Å². The van der Waals surface area contributed by atoms with Crippen molar-refractivity contribution in [2.75, 3.05) is 33.1 Å². The predicted octanol–water partition coefficient (Wildman–Crippen LogP) is 2.32. The summed E-state index contributed by atoms with van der Waals surface area (Å²) < 4.78 is 4.68. The van der Waals surface area contributed by atoms with Crippen molar-refractivity contribution in [3.63, 3.8) is 0 Å². The number of thiazole rings is 1. The van der Waals surface area contributed by atoms with E-state index in [0.717, 1.165) is 18.1 Å². The van der Waals surface area contributed by atoms with Gasteiger partial charge in [-0.3, -0.25) is 0 Å². The summed E-state index contributed by atoms with van der Waals surface area (Å²) in [5, 5.41) is 4.17.